The molecular weight excluding hydrogens is 300 g/mol. The highest BCUT2D eigenvalue weighted by Crippen LogP contribution is 2.16. The van der Waals surface area contributed by atoms with E-state index in [0.717, 1.165) is 12.1 Å². The second kappa shape index (κ2) is 5.72. The lowest BCUT2D eigenvalue weighted by atomic mass is 10.1. The third kappa shape index (κ3) is 5.42. The van der Waals surface area contributed by atoms with Gasteiger partial charge in [0, 0.05) is 0 Å². The molecule has 0 radical (unpaired) electrons. The highest BCUT2D eigenvalue weighted by molar-refractivity contribution is 7.89. The molecule has 0 spiro atoms. The number of rotatable bonds is 3. The first-order valence-electron chi connectivity index (χ1n) is 6.08. The van der Waals surface area contributed by atoms with Crippen LogP contribution in [0.25, 0.3) is 0 Å². The molecule has 0 aliphatic heterocycles. The van der Waals surface area contributed by atoms with Crippen LogP contribution in [0.5, 0.6) is 0 Å². The van der Waals surface area contributed by atoms with Crippen LogP contribution >= 0.6 is 0 Å². The normalized spacial score (nSPS) is 12.7. The number of sulfonamides is 1. The van der Waals surface area contributed by atoms with Gasteiger partial charge in [-0.1, -0.05) is 11.8 Å². The molecule has 0 fully saturated rings. The molecule has 1 rings (SSSR count). The van der Waals surface area contributed by atoms with Crippen molar-refractivity contribution in [3.63, 3.8) is 0 Å². The first kappa shape index (κ1) is 17.6. The molecular formula is C14H17F2NO3S. The van der Waals surface area contributed by atoms with Gasteiger partial charge in [-0.25, -0.2) is 17.2 Å². The van der Waals surface area contributed by atoms with Gasteiger partial charge < -0.3 is 5.11 Å². The fraction of sp³-hybridized carbons (Fsp3) is 0.429. The van der Waals surface area contributed by atoms with Crippen molar-refractivity contribution < 1.29 is 22.3 Å². The van der Waals surface area contributed by atoms with Gasteiger partial charge in [0.2, 0.25) is 10.0 Å². The Labute approximate surface area is 123 Å². The average Bonchev–Trinajstić information content (AvgIpc) is 2.28. The molecule has 0 bridgehead atoms. The predicted molar refractivity (Wildman–Crippen MR) is 74.8 cm³/mol. The molecule has 116 valence electrons. The van der Waals surface area contributed by atoms with Crippen molar-refractivity contribution in [1.82, 2.24) is 4.72 Å². The van der Waals surface area contributed by atoms with Crippen LogP contribution in [0, 0.1) is 23.5 Å². The third-order valence-corrected chi connectivity index (χ3v) is 3.93. The molecule has 0 aromatic heterocycles. The van der Waals surface area contributed by atoms with Crippen LogP contribution in [0.1, 0.15) is 27.7 Å². The molecule has 1 aromatic carbocycles. The summed E-state index contributed by atoms with van der Waals surface area (Å²) >= 11 is 0. The van der Waals surface area contributed by atoms with Gasteiger partial charge in [-0.3, -0.25) is 0 Å². The smallest absolute Gasteiger partial charge is 0.241 e. The SMILES string of the molecule is CC(C)(O)C#CC(C)(C)NS(=O)(=O)c1ccc(F)c(F)c1. The molecule has 0 amide bonds. The molecule has 2 N–H and O–H groups in total. The predicted octanol–water partition coefficient (Wildman–Crippen LogP) is 1.80. The van der Waals surface area contributed by atoms with E-state index in [1.165, 1.54) is 27.7 Å². The van der Waals surface area contributed by atoms with Gasteiger partial charge in [-0.05, 0) is 45.9 Å². The van der Waals surface area contributed by atoms with Gasteiger partial charge in [0.05, 0.1) is 10.4 Å². The van der Waals surface area contributed by atoms with Gasteiger partial charge in [0.15, 0.2) is 11.6 Å². The Morgan fingerprint density at radius 2 is 1.67 bits per heavy atom. The Hall–Kier alpha value is -1.49. The second-order valence-corrected chi connectivity index (χ2v) is 7.30. The highest BCUT2D eigenvalue weighted by Gasteiger charge is 2.25. The van der Waals surface area contributed by atoms with Crippen LogP contribution in [-0.4, -0.2) is 24.7 Å². The van der Waals surface area contributed by atoms with E-state index >= 15 is 0 Å². The van der Waals surface area contributed by atoms with Crippen LogP contribution in [0.2, 0.25) is 0 Å². The minimum absolute atomic E-state index is 0.403. The van der Waals surface area contributed by atoms with E-state index in [-0.39, 0.29) is 0 Å². The molecule has 0 saturated heterocycles. The van der Waals surface area contributed by atoms with E-state index in [1.807, 2.05) is 0 Å². The van der Waals surface area contributed by atoms with Gasteiger partial charge >= 0.3 is 0 Å². The molecule has 1 aromatic rings. The minimum atomic E-state index is -4.07. The number of nitrogens with one attached hydrogen (secondary N) is 1. The number of aliphatic hydroxyl groups is 1. The van der Waals surface area contributed by atoms with E-state index in [9.17, 15) is 22.3 Å². The summed E-state index contributed by atoms with van der Waals surface area (Å²) in [5.74, 6) is 2.71. The largest absolute Gasteiger partial charge is 0.378 e. The number of benzene rings is 1. The van der Waals surface area contributed by atoms with Crippen molar-refractivity contribution in [1.29, 1.82) is 0 Å². The zero-order valence-electron chi connectivity index (χ0n) is 12.2. The molecule has 7 heteroatoms. The standard InChI is InChI=1S/C14H17F2NO3S/c1-13(2,7-8-14(3,4)18)17-21(19,20)10-5-6-11(15)12(16)9-10/h5-6,9,17-18H,1-4H3. The summed E-state index contributed by atoms with van der Waals surface area (Å²) in [5, 5.41) is 9.52. The zero-order valence-corrected chi connectivity index (χ0v) is 13.0. The quantitative estimate of drug-likeness (QED) is 0.836. The molecule has 0 saturated carbocycles. The maximum absolute atomic E-state index is 13.1. The van der Waals surface area contributed by atoms with Gasteiger partial charge in [-0.15, -0.1) is 0 Å². The van der Waals surface area contributed by atoms with E-state index in [2.05, 4.69) is 16.6 Å². The van der Waals surface area contributed by atoms with E-state index in [1.54, 1.807) is 0 Å². The summed E-state index contributed by atoms with van der Waals surface area (Å²) in [5.41, 5.74) is -2.46. The highest BCUT2D eigenvalue weighted by atomic mass is 32.2. The Bertz CT molecular complexity index is 695. The van der Waals surface area contributed by atoms with Crippen LogP contribution in [0.4, 0.5) is 8.78 Å². The molecule has 0 atom stereocenters. The monoisotopic (exact) mass is 317 g/mol. The number of halogens is 2. The van der Waals surface area contributed by atoms with Crippen molar-refractivity contribution in [2.45, 2.75) is 43.7 Å². The van der Waals surface area contributed by atoms with E-state index in [4.69, 9.17) is 0 Å². The minimum Gasteiger partial charge on any atom is -0.378 e. The van der Waals surface area contributed by atoms with Crippen LogP contribution in [0.15, 0.2) is 23.1 Å². The molecule has 0 unspecified atom stereocenters. The van der Waals surface area contributed by atoms with Crippen molar-refractivity contribution in [3.05, 3.63) is 29.8 Å². The topological polar surface area (TPSA) is 66.4 Å². The fourth-order valence-corrected chi connectivity index (χ4v) is 2.72. The lowest BCUT2D eigenvalue weighted by Gasteiger charge is -2.20. The van der Waals surface area contributed by atoms with Gasteiger partial charge in [0.25, 0.3) is 0 Å². The summed E-state index contributed by atoms with van der Waals surface area (Å²) in [6.07, 6.45) is 0. The van der Waals surface area contributed by atoms with Gasteiger partial charge in [-0.2, -0.15) is 4.72 Å². The molecule has 4 nitrogen and oxygen atoms in total. The zero-order chi connectivity index (χ0) is 16.5. The van der Waals surface area contributed by atoms with E-state index < -0.39 is 37.7 Å². The summed E-state index contributed by atoms with van der Waals surface area (Å²) in [4.78, 5) is -0.403. The maximum atomic E-state index is 13.1. The molecule has 0 aliphatic carbocycles. The Balaban J connectivity index is 3.09. The molecule has 21 heavy (non-hydrogen) atoms. The maximum Gasteiger partial charge on any atom is 0.241 e. The lowest BCUT2D eigenvalue weighted by Crippen LogP contribution is -2.42. The van der Waals surface area contributed by atoms with Crippen LogP contribution < -0.4 is 4.72 Å². The number of hydrogen-bond acceptors (Lipinski definition) is 3. The second-order valence-electron chi connectivity index (χ2n) is 5.62. The summed E-state index contributed by atoms with van der Waals surface area (Å²) < 4.78 is 52.4. The van der Waals surface area contributed by atoms with Gasteiger partial charge in [0.1, 0.15) is 5.60 Å². The Morgan fingerprint density at radius 1 is 1.10 bits per heavy atom. The van der Waals surface area contributed by atoms with Crippen LogP contribution in [0.3, 0.4) is 0 Å². The molecule has 0 aliphatic rings. The first-order chi connectivity index (χ1) is 9.32. The van der Waals surface area contributed by atoms with Crippen molar-refractivity contribution in [2.24, 2.45) is 0 Å². The van der Waals surface area contributed by atoms with Crippen LogP contribution in [-0.2, 0) is 10.0 Å². The van der Waals surface area contributed by atoms with E-state index in [0.29, 0.717) is 6.07 Å². The van der Waals surface area contributed by atoms with Crippen molar-refractivity contribution in [3.8, 4) is 11.8 Å². The number of hydrogen-bond donors (Lipinski definition) is 2. The summed E-state index contributed by atoms with van der Waals surface area (Å²) in [6, 6.07) is 2.29. The lowest BCUT2D eigenvalue weighted by molar-refractivity contribution is 0.143. The van der Waals surface area contributed by atoms with Crippen molar-refractivity contribution in [2.75, 3.05) is 0 Å². The van der Waals surface area contributed by atoms with Crippen molar-refractivity contribution >= 4 is 10.0 Å². The Kier molecular flexibility index (Phi) is 4.78. The fourth-order valence-electron chi connectivity index (χ4n) is 1.37. The average molecular weight is 317 g/mol. The Morgan fingerprint density at radius 3 is 2.14 bits per heavy atom. The summed E-state index contributed by atoms with van der Waals surface area (Å²) in [7, 11) is -4.07. The third-order valence-electron chi connectivity index (χ3n) is 2.27. The summed E-state index contributed by atoms with van der Waals surface area (Å²) in [6.45, 7) is 5.90. The first-order valence-corrected chi connectivity index (χ1v) is 7.56. The molecule has 0 heterocycles.